The lowest BCUT2D eigenvalue weighted by Crippen LogP contribution is -2.32. The van der Waals surface area contributed by atoms with Gasteiger partial charge in [0.15, 0.2) is 6.61 Å². The molecule has 1 atom stereocenters. The number of anilines is 2. The fourth-order valence-corrected chi connectivity index (χ4v) is 4.32. The van der Waals surface area contributed by atoms with Gasteiger partial charge in [0.2, 0.25) is 11.8 Å². The lowest BCUT2D eigenvalue weighted by molar-refractivity contribution is -0.126. The topological polar surface area (TPSA) is 97.0 Å². The summed E-state index contributed by atoms with van der Waals surface area (Å²) in [5.41, 5.74) is 3.39. The van der Waals surface area contributed by atoms with Crippen molar-refractivity contribution in [1.82, 2.24) is 5.32 Å². The van der Waals surface area contributed by atoms with Gasteiger partial charge in [0.25, 0.3) is 5.91 Å². The summed E-state index contributed by atoms with van der Waals surface area (Å²) < 4.78 is 10.9. The summed E-state index contributed by atoms with van der Waals surface area (Å²) in [4.78, 5) is 39.3. The Labute approximate surface area is 216 Å². The minimum atomic E-state index is -0.437. The molecule has 3 amide bonds. The number of ether oxygens (including phenoxy) is 2. The summed E-state index contributed by atoms with van der Waals surface area (Å²) in [6.45, 7) is 2.53. The summed E-state index contributed by atoms with van der Waals surface area (Å²) in [6, 6.07) is 22.1. The SMILES string of the molecule is CCc1ccccc1NC(=O)COc1ccc(N2C[C@H](C(=O)NCc3ccccc3OC)CC2=O)cc1. The van der Waals surface area contributed by atoms with Crippen LogP contribution in [0.4, 0.5) is 11.4 Å². The van der Waals surface area contributed by atoms with Gasteiger partial charge in [-0.05, 0) is 48.4 Å². The van der Waals surface area contributed by atoms with Crippen molar-refractivity contribution >= 4 is 29.1 Å². The highest BCUT2D eigenvalue weighted by molar-refractivity contribution is 6.00. The van der Waals surface area contributed by atoms with Crippen molar-refractivity contribution in [2.45, 2.75) is 26.3 Å². The molecule has 8 heteroatoms. The van der Waals surface area contributed by atoms with E-state index in [1.54, 1.807) is 36.3 Å². The highest BCUT2D eigenvalue weighted by Crippen LogP contribution is 2.27. The Kier molecular flexibility index (Phi) is 8.40. The highest BCUT2D eigenvalue weighted by Gasteiger charge is 2.35. The molecule has 0 aliphatic carbocycles. The molecule has 0 aromatic heterocycles. The van der Waals surface area contributed by atoms with E-state index in [9.17, 15) is 14.4 Å². The highest BCUT2D eigenvalue weighted by atomic mass is 16.5. The van der Waals surface area contributed by atoms with E-state index >= 15 is 0 Å². The Hall–Kier alpha value is -4.33. The Bertz CT molecular complexity index is 1260. The first kappa shape index (κ1) is 25.8. The van der Waals surface area contributed by atoms with Crippen LogP contribution in [-0.2, 0) is 27.3 Å². The van der Waals surface area contributed by atoms with E-state index in [1.807, 2.05) is 55.5 Å². The number of para-hydroxylation sites is 2. The largest absolute Gasteiger partial charge is 0.496 e. The third-order valence-corrected chi connectivity index (χ3v) is 6.33. The molecular formula is C29H31N3O5. The van der Waals surface area contributed by atoms with E-state index in [2.05, 4.69) is 10.6 Å². The van der Waals surface area contributed by atoms with Crippen LogP contribution in [0.15, 0.2) is 72.8 Å². The Balaban J connectivity index is 1.28. The quantitative estimate of drug-likeness (QED) is 0.439. The average Bonchev–Trinajstić information content (AvgIpc) is 3.32. The van der Waals surface area contributed by atoms with Crippen molar-refractivity contribution in [2.75, 3.05) is 30.5 Å². The minimum absolute atomic E-state index is 0.111. The molecule has 1 aliphatic heterocycles. The van der Waals surface area contributed by atoms with Gasteiger partial charge in [0.1, 0.15) is 11.5 Å². The van der Waals surface area contributed by atoms with E-state index in [1.165, 1.54) is 0 Å². The smallest absolute Gasteiger partial charge is 0.262 e. The first-order valence-electron chi connectivity index (χ1n) is 12.3. The number of amides is 3. The van der Waals surface area contributed by atoms with Crippen molar-refractivity contribution < 1.29 is 23.9 Å². The van der Waals surface area contributed by atoms with Crippen LogP contribution < -0.4 is 25.0 Å². The van der Waals surface area contributed by atoms with Crippen LogP contribution in [-0.4, -0.2) is 38.0 Å². The maximum Gasteiger partial charge on any atom is 0.262 e. The van der Waals surface area contributed by atoms with Crippen LogP contribution in [0.5, 0.6) is 11.5 Å². The van der Waals surface area contributed by atoms with Gasteiger partial charge in [-0.25, -0.2) is 0 Å². The first-order chi connectivity index (χ1) is 18.0. The molecule has 1 heterocycles. The summed E-state index contributed by atoms with van der Waals surface area (Å²) in [7, 11) is 1.59. The molecule has 0 saturated carbocycles. The van der Waals surface area contributed by atoms with Crippen molar-refractivity contribution in [1.29, 1.82) is 0 Å². The number of benzene rings is 3. The zero-order valence-electron chi connectivity index (χ0n) is 21.0. The molecule has 1 saturated heterocycles. The maximum absolute atomic E-state index is 12.7. The zero-order chi connectivity index (χ0) is 26.2. The Morgan fingerprint density at radius 2 is 1.68 bits per heavy atom. The van der Waals surface area contributed by atoms with E-state index in [-0.39, 0.29) is 30.7 Å². The molecule has 0 radical (unpaired) electrons. The van der Waals surface area contributed by atoms with Crippen LogP contribution in [0.25, 0.3) is 0 Å². The van der Waals surface area contributed by atoms with Crippen LogP contribution >= 0.6 is 0 Å². The molecule has 37 heavy (non-hydrogen) atoms. The van der Waals surface area contributed by atoms with Crippen molar-refractivity contribution in [3.8, 4) is 11.5 Å². The molecule has 1 fully saturated rings. The molecule has 4 rings (SSSR count). The fourth-order valence-electron chi connectivity index (χ4n) is 4.32. The van der Waals surface area contributed by atoms with E-state index in [0.717, 1.165) is 23.2 Å². The number of nitrogens with zero attached hydrogens (tertiary/aromatic N) is 1. The number of hydrogen-bond donors (Lipinski definition) is 2. The van der Waals surface area contributed by atoms with Crippen molar-refractivity contribution in [3.63, 3.8) is 0 Å². The Morgan fingerprint density at radius 3 is 2.41 bits per heavy atom. The second-order valence-electron chi connectivity index (χ2n) is 8.78. The standard InChI is InChI=1S/C29H31N3O5/c1-3-20-8-4-6-10-25(20)31-27(33)19-37-24-14-12-23(13-15-24)32-18-22(16-28(32)34)29(35)30-17-21-9-5-7-11-26(21)36-2/h4-15,22H,3,16-19H2,1-2H3,(H,30,35)(H,31,33)/t22-/m1/s1. The normalized spacial score (nSPS) is 14.8. The molecule has 0 bridgehead atoms. The number of hydrogen-bond acceptors (Lipinski definition) is 5. The third-order valence-electron chi connectivity index (χ3n) is 6.33. The molecule has 192 valence electrons. The molecule has 8 nitrogen and oxygen atoms in total. The summed E-state index contributed by atoms with van der Waals surface area (Å²) in [5.74, 6) is 0.255. The van der Waals surface area contributed by atoms with Gasteiger partial charge in [0, 0.05) is 36.4 Å². The van der Waals surface area contributed by atoms with Gasteiger partial charge in [-0.1, -0.05) is 43.3 Å². The number of carbonyl (C=O) groups excluding carboxylic acids is 3. The van der Waals surface area contributed by atoms with Crippen LogP contribution in [0.2, 0.25) is 0 Å². The van der Waals surface area contributed by atoms with Gasteiger partial charge in [-0.15, -0.1) is 0 Å². The van der Waals surface area contributed by atoms with Gasteiger partial charge in [-0.2, -0.15) is 0 Å². The van der Waals surface area contributed by atoms with Crippen LogP contribution in [0.3, 0.4) is 0 Å². The Morgan fingerprint density at radius 1 is 0.973 bits per heavy atom. The van der Waals surface area contributed by atoms with E-state index in [0.29, 0.717) is 30.3 Å². The second kappa shape index (κ2) is 12.1. The number of methoxy groups -OCH3 is 1. The van der Waals surface area contributed by atoms with Crippen molar-refractivity contribution in [3.05, 3.63) is 83.9 Å². The van der Waals surface area contributed by atoms with Gasteiger partial charge < -0.3 is 25.0 Å². The fraction of sp³-hybridized carbons (Fsp3) is 0.276. The number of aryl methyl sites for hydroxylation is 1. The number of rotatable bonds is 10. The minimum Gasteiger partial charge on any atom is -0.496 e. The average molecular weight is 502 g/mol. The molecule has 1 aliphatic rings. The molecular weight excluding hydrogens is 470 g/mol. The number of nitrogens with one attached hydrogen (secondary N) is 2. The van der Waals surface area contributed by atoms with Crippen LogP contribution in [0, 0.1) is 5.92 Å². The summed E-state index contributed by atoms with van der Waals surface area (Å²) in [6.07, 6.45) is 0.966. The summed E-state index contributed by atoms with van der Waals surface area (Å²) >= 11 is 0. The molecule has 3 aromatic rings. The zero-order valence-corrected chi connectivity index (χ0v) is 21.0. The lowest BCUT2D eigenvalue weighted by atomic mass is 10.1. The van der Waals surface area contributed by atoms with E-state index in [4.69, 9.17) is 9.47 Å². The predicted molar refractivity (Wildman–Crippen MR) is 142 cm³/mol. The van der Waals surface area contributed by atoms with Gasteiger partial charge >= 0.3 is 0 Å². The van der Waals surface area contributed by atoms with Gasteiger partial charge in [-0.3, -0.25) is 14.4 Å². The number of carbonyl (C=O) groups is 3. The predicted octanol–water partition coefficient (Wildman–Crippen LogP) is 3.94. The van der Waals surface area contributed by atoms with E-state index < -0.39 is 5.92 Å². The summed E-state index contributed by atoms with van der Waals surface area (Å²) in [5, 5.41) is 5.79. The first-order valence-corrected chi connectivity index (χ1v) is 12.3. The monoisotopic (exact) mass is 501 g/mol. The second-order valence-corrected chi connectivity index (χ2v) is 8.78. The molecule has 0 unspecified atom stereocenters. The molecule has 3 aromatic carbocycles. The third kappa shape index (κ3) is 6.46. The molecule has 0 spiro atoms. The van der Waals surface area contributed by atoms with Gasteiger partial charge in [0.05, 0.1) is 13.0 Å². The molecule has 2 N–H and O–H groups in total. The van der Waals surface area contributed by atoms with Crippen molar-refractivity contribution in [2.24, 2.45) is 5.92 Å². The van der Waals surface area contributed by atoms with Crippen LogP contribution in [0.1, 0.15) is 24.5 Å². The lowest BCUT2D eigenvalue weighted by Gasteiger charge is -2.17. The maximum atomic E-state index is 12.7.